The Labute approximate surface area is 138 Å². The molecule has 120 valence electrons. The molecule has 0 spiro atoms. The van der Waals surface area contributed by atoms with E-state index in [0.29, 0.717) is 13.2 Å². The molecule has 1 atom stereocenters. The van der Waals surface area contributed by atoms with E-state index in [1.807, 2.05) is 67.6 Å². The van der Waals surface area contributed by atoms with Crippen LogP contribution in [0.2, 0.25) is 0 Å². The van der Waals surface area contributed by atoms with Crippen LogP contribution in [0.25, 0.3) is 0 Å². The minimum Gasteiger partial charge on any atom is -0.360 e. The van der Waals surface area contributed by atoms with Gasteiger partial charge in [-0.1, -0.05) is 72.8 Å². The molecular formula is C20H23NO2. The van der Waals surface area contributed by atoms with E-state index in [4.69, 9.17) is 4.74 Å². The van der Waals surface area contributed by atoms with Gasteiger partial charge in [0.2, 0.25) is 0 Å². The molecule has 3 nitrogen and oxygen atoms in total. The fourth-order valence-electron chi connectivity index (χ4n) is 2.27. The molecule has 1 amide bonds. The summed E-state index contributed by atoms with van der Waals surface area (Å²) >= 11 is 0. The Morgan fingerprint density at radius 3 is 2.39 bits per heavy atom. The van der Waals surface area contributed by atoms with Crippen molar-refractivity contribution in [3.05, 3.63) is 83.9 Å². The van der Waals surface area contributed by atoms with Crippen molar-refractivity contribution in [3.63, 3.8) is 0 Å². The van der Waals surface area contributed by atoms with Gasteiger partial charge in [-0.3, -0.25) is 4.79 Å². The van der Waals surface area contributed by atoms with E-state index in [-0.39, 0.29) is 5.91 Å². The summed E-state index contributed by atoms with van der Waals surface area (Å²) in [7, 11) is 0. The highest BCUT2D eigenvalue weighted by Crippen LogP contribution is 2.17. The van der Waals surface area contributed by atoms with Crippen molar-refractivity contribution in [1.29, 1.82) is 0 Å². The first kappa shape index (κ1) is 17.0. The molecule has 0 aliphatic carbocycles. The Morgan fingerprint density at radius 1 is 1.09 bits per heavy atom. The minimum atomic E-state index is -0.580. The summed E-state index contributed by atoms with van der Waals surface area (Å²) in [6, 6.07) is 19.7. The van der Waals surface area contributed by atoms with Crippen molar-refractivity contribution >= 4 is 5.91 Å². The highest BCUT2D eigenvalue weighted by Gasteiger charge is 2.20. The molecule has 1 N–H and O–H groups in total. The van der Waals surface area contributed by atoms with Gasteiger partial charge in [-0.2, -0.15) is 0 Å². The molecule has 0 aliphatic rings. The van der Waals surface area contributed by atoms with Gasteiger partial charge in [0.15, 0.2) is 6.10 Å². The van der Waals surface area contributed by atoms with Crippen LogP contribution < -0.4 is 5.32 Å². The zero-order valence-electron chi connectivity index (χ0n) is 13.4. The number of hydrogen-bond donors (Lipinski definition) is 1. The molecule has 0 saturated carbocycles. The van der Waals surface area contributed by atoms with Gasteiger partial charge in [-0.15, -0.1) is 0 Å². The van der Waals surface area contributed by atoms with E-state index in [2.05, 4.69) is 17.4 Å². The zero-order valence-corrected chi connectivity index (χ0v) is 13.4. The molecular weight excluding hydrogens is 286 g/mol. The molecule has 1 unspecified atom stereocenters. The molecule has 0 radical (unpaired) electrons. The first-order chi connectivity index (χ1) is 11.3. The summed E-state index contributed by atoms with van der Waals surface area (Å²) < 4.78 is 5.73. The van der Waals surface area contributed by atoms with Crippen molar-refractivity contribution in [2.24, 2.45) is 0 Å². The Morgan fingerprint density at radius 2 is 1.74 bits per heavy atom. The van der Waals surface area contributed by atoms with E-state index in [0.717, 1.165) is 12.0 Å². The van der Waals surface area contributed by atoms with Crippen LogP contribution in [0.1, 0.15) is 24.2 Å². The SMILES string of the molecule is C/C=C/COC(C(=O)NCCc1ccccc1)c1ccccc1. The summed E-state index contributed by atoms with van der Waals surface area (Å²) in [5, 5.41) is 2.97. The monoisotopic (exact) mass is 309 g/mol. The van der Waals surface area contributed by atoms with Crippen LogP contribution in [0.3, 0.4) is 0 Å². The van der Waals surface area contributed by atoms with Gasteiger partial charge in [0.1, 0.15) is 0 Å². The van der Waals surface area contributed by atoms with Gasteiger partial charge in [0.25, 0.3) is 5.91 Å². The molecule has 0 heterocycles. The predicted molar refractivity (Wildman–Crippen MR) is 93.1 cm³/mol. The molecule has 2 rings (SSSR count). The van der Waals surface area contributed by atoms with Gasteiger partial charge in [0.05, 0.1) is 6.61 Å². The zero-order chi connectivity index (χ0) is 16.3. The summed E-state index contributed by atoms with van der Waals surface area (Å²) in [5.41, 5.74) is 2.08. The highest BCUT2D eigenvalue weighted by molar-refractivity contribution is 5.82. The average molecular weight is 309 g/mol. The van der Waals surface area contributed by atoms with Crippen LogP contribution in [-0.4, -0.2) is 19.1 Å². The number of rotatable bonds is 8. The normalized spacial score (nSPS) is 12.2. The number of benzene rings is 2. The second-order valence-electron chi connectivity index (χ2n) is 5.22. The van der Waals surface area contributed by atoms with Gasteiger partial charge < -0.3 is 10.1 Å². The molecule has 2 aromatic rings. The Kier molecular flexibility index (Phi) is 7.08. The number of hydrogen-bond acceptors (Lipinski definition) is 2. The number of carbonyl (C=O) groups is 1. The maximum Gasteiger partial charge on any atom is 0.253 e. The number of ether oxygens (including phenoxy) is 1. The van der Waals surface area contributed by atoms with Gasteiger partial charge >= 0.3 is 0 Å². The van der Waals surface area contributed by atoms with E-state index in [1.165, 1.54) is 5.56 Å². The number of nitrogens with one attached hydrogen (secondary N) is 1. The second-order valence-corrected chi connectivity index (χ2v) is 5.22. The van der Waals surface area contributed by atoms with Gasteiger partial charge in [0, 0.05) is 6.54 Å². The Balaban J connectivity index is 1.93. The van der Waals surface area contributed by atoms with Gasteiger partial charge in [-0.05, 0) is 24.5 Å². The number of allylic oxidation sites excluding steroid dienone is 1. The van der Waals surface area contributed by atoms with Crippen LogP contribution in [-0.2, 0) is 16.0 Å². The van der Waals surface area contributed by atoms with Crippen molar-refractivity contribution in [1.82, 2.24) is 5.32 Å². The molecule has 0 bridgehead atoms. The Hall–Kier alpha value is -2.39. The first-order valence-corrected chi connectivity index (χ1v) is 7.90. The third kappa shape index (κ3) is 5.72. The fraction of sp³-hybridized carbons (Fsp3) is 0.250. The third-order valence-corrected chi connectivity index (χ3v) is 3.49. The van der Waals surface area contributed by atoms with Crippen molar-refractivity contribution < 1.29 is 9.53 Å². The lowest BCUT2D eigenvalue weighted by Crippen LogP contribution is -2.32. The standard InChI is InChI=1S/C20H23NO2/c1-2-3-16-23-19(18-12-8-5-9-13-18)20(22)21-15-14-17-10-6-4-7-11-17/h2-13,19H,14-16H2,1H3,(H,21,22)/b3-2+. The lowest BCUT2D eigenvalue weighted by molar-refractivity contribution is -0.132. The smallest absolute Gasteiger partial charge is 0.253 e. The van der Waals surface area contributed by atoms with Crippen molar-refractivity contribution in [2.45, 2.75) is 19.4 Å². The average Bonchev–Trinajstić information content (AvgIpc) is 2.60. The van der Waals surface area contributed by atoms with Crippen LogP contribution in [0.4, 0.5) is 0 Å². The topological polar surface area (TPSA) is 38.3 Å². The summed E-state index contributed by atoms with van der Waals surface area (Å²) in [5.74, 6) is -0.100. The molecule has 23 heavy (non-hydrogen) atoms. The minimum absolute atomic E-state index is 0.100. The molecule has 0 aromatic heterocycles. The summed E-state index contributed by atoms with van der Waals surface area (Å²) in [6.45, 7) is 2.95. The van der Waals surface area contributed by atoms with Crippen molar-refractivity contribution in [3.8, 4) is 0 Å². The first-order valence-electron chi connectivity index (χ1n) is 7.90. The van der Waals surface area contributed by atoms with E-state index < -0.39 is 6.10 Å². The quantitative estimate of drug-likeness (QED) is 0.755. The largest absolute Gasteiger partial charge is 0.360 e. The van der Waals surface area contributed by atoms with Crippen LogP contribution >= 0.6 is 0 Å². The van der Waals surface area contributed by atoms with E-state index >= 15 is 0 Å². The lowest BCUT2D eigenvalue weighted by Gasteiger charge is -2.17. The van der Waals surface area contributed by atoms with Gasteiger partial charge in [-0.25, -0.2) is 0 Å². The van der Waals surface area contributed by atoms with Crippen molar-refractivity contribution in [2.75, 3.05) is 13.2 Å². The molecule has 3 heteroatoms. The molecule has 2 aromatic carbocycles. The van der Waals surface area contributed by atoms with E-state index in [9.17, 15) is 4.79 Å². The summed E-state index contributed by atoms with van der Waals surface area (Å²) in [4.78, 5) is 12.5. The van der Waals surface area contributed by atoms with E-state index in [1.54, 1.807) is 0 Å². The van der Waals surface area contributed by atoms with Crippen LogP contribution in [0, 0.1) is 0 Å². The lowest BCUT2D eigenvalue weighted by atomic mass is 10.1. The van der Waals surface area contributed by atoms with Crippen LogP contribution in [0.5, 0.6) is 0 Å². The fourth-order valence-corrected chi connectivity index (χ4v) is 2.27. The third-order valence-electron chi connectivity index (χ3n) is 3.49. The highest BCUT2D eigenvalue weighted by atomic mass is 16.5. The number of carbonyl (C=O) groups excluding carboxylic acids is 1. The Bertz CT molecular complexity index is 608. The number of amides is 1. The molecule has 0 aliphatic heterocycles. The maximum absolute atomic E-state index is 12.5. The maximum atomic E-state index is 12.5. The molecule has 0 fully saturated rings. The second kappa shape index (κ2) is 9.59. The predicted octanol–water partition coefficient (Wildman–Crippen LogP) is 3.68. The molecule has 0 saturated heterocycles. The van der Waals surface area contributed by atoms with Crippen LogP contribution in [0.15, 0.2) is 72.8 Å². The summed E-state index contributed by atoms with van der Waals surface area (Å²) in [6.07, 6.45) is 4.04.